The number of carbonyl (C=O) groups excluding carboxylic acids is 1. The van der Waals surface area contributed by atoms with Gasteiger partial charge < -0.3 is 25.0 Å². The van der Waals surface area contributed by atoms with E-state index in [2.05, 4.69) is 10.6 Å². The molecule has 2 N–H and O–H groups in total. The van der Waals surface area contributed by atoms with E-state index in [1.807, 2.05) is 47.4 Å². The Morgan fingerprint density at radius 2 is 1.52 bits per heavy atom. The van der Waals surface area contributed by atoms with Crippen LogP contribution in [0, 0.1) is 0 Å². The predicted octanol–water partition coefficient (Wildman–Crippen LogP) is 3.75. The van der Waals surface area contributed by atoms with Crippen molar-refractivity contribution in [3.05, 3.63) is 48.0 Å². The van der Waals surface area contributed by atoms with Gasteiger partial charge in [-0.1, -0.05) is 0 Å². The second-order valence-electron chi connectivity index (χ2n) is 6.23. The summed E-state index contributed by atoms with van der Waals surface area (Å²) in [7, 11) is 3.18. The number of hydrogen-bond donors (Lipinski definition) is 2. The van der Waals surface area contributed by atoms with E-state index in [4.69, 9.17) is 21.7 Å². The highest BCUT2D eigenvalue weighted by atomic mass is 32.1. The van der Waals surface area contributed by atoms with Crippen LogP contribution in [0.3, 0.4) is 0 Å². The Morgan fingerprint density at radius 3 is 2.15 bits per heavy atom. The van der Waals surface area contributed by atoms with Crippen LogP contribution in [0.2, 0.25) is 0 Å². The molecule has 1 aliphatic heterocycles. The molecule has 1 amide bonds. The number of benzene rings is 2. The minimum Gasteiger partial charge on any atom is -0.493 e. The SMILES string of the molecule is COc1ccc(NC(=S)Nc2ccc(C(=O)N3CCCC3)cc2)cc1OC. The number of anilines is 2. The van der Waals surface area contributed by atoms with E-state index in [9.17, 15) is 4.79 Å². The summed E-state index contributed by atoms with van der Waals surface area (Å²) in [5, 5.41) is 6.67. The van der Waals surface area contributed by atoms with Crippen LogP contribution in [0.1, 0.15) is 23.2 Å². The molecule has 27 heavy (non-hydrogen) atoms. The first-order valence-electron chi connectivity index (χ1n) is 8.80. The van der Waals surface area contributed by atoms with Crippen LogP contribution in [0.4, 0.5) is 11.4 Å². The molecular weight excluding hydrogens is 362 g/mol. The summed E-state index contributed by atoms with van der Waals surface area (Å²) in [6.45, 7) is 1.69. The third kappa shape index (κ3) is 4.68. The van der Waals surface area contributed by atoms with E-state index in [0.29, 0.717) is 22.2 Å². The molecule has 3 rings (SSSR count). The molecule has 0 aromatic heterocycles. The van der Waals surface area contributed by atoms with Gasteiger partial charge in [-0.3, -0.25) is 4.79 Å². The molecule has 0 radical (unpaired) electrons. The molecule has 1 fully saturated rings. The van der Waals surface area contributed by atoms with Crippen LogP contribution >= 0.6 is 12.2 Å². The lowest BCUT2D eigenvalue weighted by molar-refractivity contribution is 0.0793. The molecule has 0 aliphatic carbocycles. The van der Waals surface area contributed by atoms with Gasteiger partial charge in [0.05, 0.1) is 14.2 Å². The Bertz CT molecular complexity index is 818. The summed E-state index contributed by atoms with van der Waals surface area (Å²) in [6.07, 6.45) is 2.17. The molecule has 1 saturated heterocycles. The van der Waals surface area contributed by atoms with Crippen LogP contribution in [0.5, 0.6) is 11.5 Å². The van der Waals surface area contributed by atoms with Crippen molar-refractivity contribution in [3.8, 4) is 11.5 Å². The molecule has 142 valence electrons. The topological polar surface area (TPSA) is 62.8 Å². The number of methoxy groups -OCH3 is 2. The number of hydrogen-bond acceptors (Lipinski definition) is 4. The van der Waals surface area contributed by atoms with Gasteiger partial charge in [0.15, 0.2) is 16.6 Å². The lowest BCUT2D eigenvalue weighted by Gasteiger charge is -2.16. The molecule has 2 aromatic carbocycles. The monoisotopic (exact) mass is 385 g/mol. The molecule has 0 bridgehead atoms. The van der Waals surface area contributed by atoms with Gasteiger partial charge in [-0.2, -0.15) is 0 Å². The van der Waals surface area contributed by atoms with E-state index in [0.717, 1.165) is 37.3 Å². The fourth-order valence-corrected chi connectivity index (χ4v) is 3.24. The summed E-state index contributed by atoms with van der Waals surface area (Å²) in [5.74, 6) is 1.36. The third-order valence-electron chi connectivity index (χ3n) is 4.42. The van der Waals surface area contributed by atoms with Crippen molar-refractivity contribution in [2.24, 2.45) is 0 Å². The third-order valence-corrected chi connectivity index (χ3v) is 4.63. The summed E-state index contributed by atoms with van der Waals surface area (Å²) < 4.78 is 10.5. The Hall–Kier alpha value is -2.80. The number of nitrogens with zero attached hydrogens (tertiary/aromatic N) is 1. The Labute approximate surface area is 164 Å². The Morgan fingerprint density at radius 1 is 0.926 bits per heavy atom. The minimum absolute atomic E-state index is 0.0880. The van der Waals surface area contributed by atoms with Gasteiger partial charge >= 0.3 is 0 Å². The zero-order chi connectivity index (χ0) is 19.2. The van der Waals surface area contributed by atoms with Crippen molar-refractivity contribution in [2.45, 2.75) is 12.8 Å². The summed E-state index contributed by atoms with van der Waals surface area (Å²) in [4.78, 5) is 14.3. The summed E-state index contributed by atoms with van der Waals surface area (Å²) in [6, 6.07) is 12.8. The fraction of sp³-hybridized carbons (Fsp3) is 0.300. The fourth-order valence-electron chi connectivity index (χ4n) is 3.01. The van der Waals surface area contributed by atoms with Gasteiger partial charge in [-0.05, 0) is 61.5 Å². The van der Waals surface area contributed by atoms with Crippen LogP contribution < -0.4 is 20.1 Å². The average Bonchev–Trinajstić information content (AvgIpc) is 3.22. The molecule has 7 heteroatoms. The van der Waals surface area contributed by atoms with E-state index in [-0.39, 0.29) is 5.91 Å². The largest absolute Gasteiger partial charge is 0.493 e. The highest BCUT2D eigenvalue weighted by Gasteiger charge is 2.19. The molecule has 0 spiro atoms. The highest BCUT2D eigenvalue weighted by Crippen LogP contribution is 2.29. The first-order chi connectivity index (χ1) is 13.1. The number of nitrogens with one attached hydrogen (secondary N) is 2. The zero-order valence-electron chi connectivity index (χ0n) is 15.5. The van der Waals surface area contributed by atoms with Crippen LogP contribution in [0.25, 0.3) is 0 Å². The normalized spacial score (nSPS) is 13.2. The van der Waals surface area contributed by atoms with E-state index < -0.39 is 0 Å². The van der Waals surface area contributed by atoms with Gasteiger partial charge in [0.25, 0.3) is 5.91 Å². The predicted molar refractivity (Wildman–Crippen MR) is 111 cm³/mol. The van der Waals surface area contributed by atoms with E-state index in [1.165, 1.54) is 0 Å². The van der Waals surface area contributed by atoms with Crippen molar-refractivity contribution >= 4 is 34.6 Å². The van der Waals surface area contributed by atoms with Crippen molar-refractivity contribution in [1.29, 1.82) is 0 Å². The molecule has 0 saturated carbocycles. The molecular formula is C20H23N3O3S. The van der Waals surface area contributed by atoms with E-state index >= 15 is 0 Å². The lowest BCUT2D eigenvalue weighted by atomic mass is 10.2. The van der Waals surface area contributed by atoms with Crippen molar-refractivity contribution < 1.29 is 14.3 Å². The lowest BCUT2D eigenvalue weighted by Crippen LogP contribution is -2.27. The van der Waals surface area contributed by atoms with Crippen molar-refractivity contribution in [1.82, 2.24) is 4.90 Å². The van der Waals surface area contributed by atoms with Crippen LogP contribution in [0.15, 0.2) is 42.5 Å². The molecule has 1 aliphatic rings. The number of rotatable bonds is 5. The molecule has 2 aromatic rings. The summed E-state index contributed by atoms with van der Waals surface area (Å²) in [5.41, 5.74) is 2.29. The second-order valence-corrected chi connectivity index (χ2v) is 6.63. The number of ether oxygens (including phenoxy) is 2. The van der Waals surface area contributed by atoms with Gasteiger partial charge in [-0.25, -0.2) is 0 Å². The van der Waals surface area contributed by atoms with Crippen LogP contribution in [-0.4, -0.2) is 43.2 Å². The number of likely N-dealkylation sites (tertiary alicyclic amines) is 1. The Balaban J connectivity index is 1.60. The zero-order valence-corrected chi connectivity index (χ0v) is 16.3. The van der Waals surface area contributed by atoms with Gasteiger partial charge in [0.2, 0.25) is 0 Å². The standard InChI is InChI=1S/C20H23N3O3S/c1-25-17-10-9-16(13-18(17)26-2)22-20(27)21-15-7-5-14(6-8-15)19(24)23-11-3-4-12-23/h5-10,13H,3-4,11-12H2,1-2H3,(H2,21,22,27). The molecule has 6 nitrogen and oxygen atoms in total. The number of thiocarbonyl (C=S) groups is 1. The van der Waals surface area contributed by atoms with Gasteiger partial charge in [0.1, 0.15) is 0 Å². The highest BCUT2D eigenvalue weighted by molar-refractivity contribution is 7.80. The van der Waals surface area contributed by atoms with Gasteiger partial charge in [0, 0.05) is 36.1 Å². The van der Waals surface area contributed by atoms with Crippen molar-refractivity contribution in [2.75, 3.05) is 37.9 Å². The molecule has 0 unspecified atom stereocenters. The van der Waals surface area contributed by atoms with Gasteiger partial charge in [-0.15, -0.1) is 0 Å². The second kappa shape index (κ2) is 8.73. The maximum Gasteiger partial charge on any atom is 0.253 e. The molecule has 1 heterocycles. The smallest absolute Gasteiger partial charge is 0.253 e. The Kier molecular flexibility index (Phi) is 6.13. The number of amides is 1. The first-order valence-corrected chi connectivity index (χ1v) is 9.21. The van der Waals surface area contributed by atoms with Crippen molar-refractivity contribution in [3.63, 3.8) is 0 Å². The number of carbonyl (C=O) groups is 1. The molecule has 0 atom stereocenters. The maximum atomic E-state index is 12.4. The van der Waals surface area contributed by atoms with Crippen LogP contribution in [-0.2, 0) is 0 Å². The quantitative estimate of drug-likeness (QED) is 0.765. The summed E-state index contributed by atoms with van der Waals surface area (Å²) >= 11 is 5.36. The van der Waals surface area contributed by atoms with E-state index in [1.54, 1.807) is 14.2 Å². The first kappa shape index (κ1) is 19.0. The maximum absolute atomic E-state index is 12.4. The average molecular weight is 385 g/mol. The minimum atomic E-state index is 0.0880.